The summed E-state index contributed by atoms with van der Waals surface area (Å²) in [6.07, 6.45) is 18.4. The van der Waals surface area contributed by atoms with E-state index in [2.05, 4.69) is 53.1 Å². The topological polar surface area (TPSA) is 17.8 Å². The minimum atomic E-state index is 0.468. The molecule has 1 aromatic rings. The van der Waals surface area contributed by atoms with Gasteiger partial charge in [-0.2, -0.15) is 0 Å². The highest BCUT2D eigenvalue weighted by atomic mass is 32.2. The SMILES string of the molecule is CCCCCCCCC1(CCn2ccnc2)SCC(CC)S1. The van der Waals surface area contributed by atoms with Crippen LogP contribution in [-0.2, 0) is 6.54 Å². The third kappa shape index (κ3) is 5.84. The monoisotopic (exact) mass is 340 g/mol. The Morgan fingerprint density at radius 1 is 1.14 bits per heavy atom. The molecule has 0 spiro atoms. The zero-order valence-corrected chi connectivity index (χ0v) is 15.9. The molecule has 2 rings (SSSR count). The zero-order valence-electron chi connectivity index (χ0n) is 14.3. The molecular formula is C18H32N2S2. The van der Waals surface area contributed by atoms with Crippen molar-refractivity contribution >= 4 is 23.5 Å². The number of rotatable bonds is 11. The molecule has 1 aromatic heterocycles. The van der Waals surface area contributed by atoms with Gasteiger partial charge in [-0.25, -0.2) is 4.98 Å². The third-order valence-corrected chi connectivity index (χ3v) is 8.62. The maximum Gasteiger partial charge on any atom is 0.0945 e. The van der Waals surface area contributed by atoms with E-state index >= 15 is 0 Å². The van der Waals surface area contributed by atoms with Crippen molar-refractivity contribution in [2.45, 2.75) is 87.5 Å². The van der Waals surface area contributed by atoms with Gasteiger partial charge >= 0.3 is 0 Å². The molecule has 0 aliphatic carbocycles. The Hall–Kier alpha value is -0.0900. The smallest absolute Gasteiger partial charge is 0.0945 e. The molecule has 0 aromatic carbocycles. The molecule has 1 fully saturated rings. The van der Waals surface area contributed by atoms with E-state index in [1.807, 2.05) is 12.5 Å². The molecule has 126 valence electrons. The molecule has 2 heterocycles. The lowest BCUT2D eigenvalue weighted by Gasteiger charge is -2.28. The maximum absolute atomic E-state index is 4.17. The van der Waals surface area contributed by atoms with Gasteiger partial charge in [0.25, 0.3) is 0 Å². The van der Waals surface area contributed by atoms with Crippen LogP contribution in [0.1, 0.15) is 71.6 Å². The molecule has 4 heteroatoms. The van der Waals surface area contributed by atoms with Gasteiger partial charge in [0, 0.05) is 29.9 Å². The first kappa shape index (κ1) is 18.3. The molecule has 1 saturated heterocycles. The number of aryl methyl sites for hydroxylation is 1. The van der Waals surface area contributed by atoms with Crippen LogP contribution in [0.15, 0.2) is 18.7 Å². The molecule has 0 saturated carbocycles. The van der Waals surface area contributed by atoms with Gasteiger partial charge in [-0.05, 0) is 19.3 Å². The van der Waals surface area contributed by atoms with Crippen molar-refractivity contribution in [1.82, 2.24) is 9.55 Å². The molecule has 0 bridgehead atoms. The van der Waals surface area contributed by atoms with Crippen LogP contribution in [0.2, 0.25) is 0 Å². The number of hydrogen-bond donors (Lipinski definition) is 0. The van der Waals surface area contributed by atoms with Gasteiger partial charge in [-0.1, -0.05) is 52.4 Å². The summed E-state index contributed by atoms with van der Waals surface area (Å²) in [4.78, 5) is 4.17. The fraction of sp³-hybridized carbons (Fsp3) is 0.833. The average molecular weight is 341 g/mol. The van der Waals surface area contributed by atoms with E-state index in [4.69, 9.17) is 0 Å². The van der Waals surface area contributed by atoms with E-state index < -0.39 is 0 Å². The summed E-state index contributed by atoms with van der Waals surface area (Å²) < 4.78 is 2.71. The quantitative estimate of drug-likeness (QED) is 0.462. The standard InChI is InChI=1S/C18H32N2S2/c1-3-5-6-7-8-9-10-18(21-15-17(4-2)22-18)11-13-20-14-12-19-16-20/h12,14,16-17H,3-11,13,15H2,1-2H3. The van der Waals surface area contributed by atoms with Crippen molar-refractivity contribution in [3.8, 4) is 0 Å². The molecule has 2 atom stereocenters. The van der Waals surface area contributed by atoms with Gasteiger partial charge in [0.15, 0.2) is 0 Å². The zero-order chi connectivity index (χ0) is 15.7. The Morgan fingerprint density at radius 3 is 2.64 bits per heavy atom. The summed E-state index contributed by atoms with van der Waals surface area (Å²) in [5.74, 6) is 1.35. The summed E-state index contributed by atoms with van der Waals surface area (Å²) >= 11 is 4.52. The highest BCUT2D eigenvalue weighted by Crippen LogP contribution is 2.54. The second-order valence-electron chi connectivity index (χ2n) is 6.44. The van der Waals surface area contributed by atoms with Crippen LogP contribution in [0.5, 0.6) is 0 Å². The predicted octanol–water partition coefficient (Wildman–Crippen LogP) is 5.98. The minimum absolute atomic E-state index is 0.468. The average Bonchev–Trinajstić information content (AvgIpc) is 3.19. The van der Waals surface area contributed by atoms with Gasteiger partial charge in [0.05, 0.1) is 10.4 Å². The van der Waals surface area contributed by atoms with E-state index in [0.29, 0.717) is 4.08 Å². The van der Waals surface area contributed by atoms with E-state index in [9.17, 15) is 0 Å². The maximum atomic E-state index is 4.17. The first-order chi connectivity index (χ1) is 10.8. The Bertz CT molecular complexity index is 394. The molecule has 1 aliphatic heterocycles. The minimum Gasteiger partial charge on any atom is -0.337 e. The van der Waals surface area contributed by atoms with Crippen LogP contribution in [0.4, 0.5) is 0 Å². The van der Waals surface area contributed by atoms with E-state index in [1.54, 1.807) is 0 Å². The lowest BCUT2D eigenvalue weighted by molar-refractivity contribution is 0.529. The molecule has 2 unspecified atom stereocenters. The highest BCUT2D eigenvalue weighted by molar-refractivity contribution is 8.21. The summed E-state index contributed by atoms with van der Waals surface area (Å²) in [5.41, 5.74) is 0. The van der Waals surface area contributed by atoms with Crippen molar-refractivity contribution in [3.05, 3.63) is 18.7 Å². The van der Waals surface area contributed by atoms with Crippen molar-refractivity contribution in [2.24, 2.45) is 0 Å². The van der Waals surface area contributed by atoms with Crippen LogP contribution in [0.3, 0.4) is 0 Å². The van der Waals surface area contributed by atoms with Crippen molar-refractivity contribution < 1.29 is 0 Å². The molecule has 2 nitrogen and oxygen atoms in total. The summed E-state index contributed by atoms with van der Waals surface area (Å²) in [6, 6.07) is 0. The fourth-order valence-corrected chi connectivity index (χ4v) is 6.95. The summed E-state index contributed by atoms with van der Waals surface area (Å²) in [7, 11) is 0. The Kier molecular flexibility index (Phi) is 8.23. The lowest BCUT2D eigenvalue weighted by Crippen LogP contribution is -2.20. The molecule has 0 radical (unpaired) electrons. The summed E-state index contributed by atoms with van der Waals surface area (Å²) in [6.45, 7) is 5.75. The number of hydrogen-bond acceptors (Lipinski definition) is 3. The number of aromatic nitrogens is 2. The van der Waals surface area contributed by atoms with Gasteiger partial charge in [-0.3, -0.25) is 0 Å². The Morgan fingerprint density at radius 2 is 1.95 bits per heavy atom. The van der Waals surface area contributed by atoms with Gasteiger partial charge in [-0.15, -0.1) is 23.5 Å². The first-order valence-corrected chi connectivity index (χ1v) is 10.9. The van der Waals surface area contributed by atoms with Gasteiger partial charge < -0.3 is 4.57 Å². The molecule has 1 aliphatic rings. The van der Waals surface area contributed by atoms with E-state index in [0.717, 1.165) is 11.8 Å². The molecule has 22 heavy (non-hydrogen) atoms. The molecule has 0 amide bonds. The summed E-state index contributed by atoms with van der Waals surface area (Å²) in [5, 5.41) is 0.868. The predicted molar refractivity (Wildman–Crippen MR) is 102 cm³/mol. The second-order valence-corrected chi connectivity index (χ2v) is 9.78. The van der Waals surface area contributed by atoms with Gasteiger partial charge in [0.1, 0.15) is 0 Å². The Balaban J connectivity index is 1.77. The van der Waals surface area contributed by atoms with Crippen LogP contribution < -0.4 is 0 Å². The number of thioether (sulfide) groups is 2. The van der Waals surface area contributed by atoms with Crippen LogP contribution in [-0.4, -0.2) is 24.6 Å². The first-order valence-electron chi connectivity index (χ1n) is 9.05. The van der Waals surface area contributed by atoms with Crippen LogP contribution >= 0.6 is 23.5 Å². The number of imidazole rings is 1. The molecule has 0 N–H and O–H groups in total. The van der Waals surface area contributed by atoms with Crippen molar-refractivity contribution in [1.29, 1.82) is 0 Å². The number of nitrogens with zero attached hydrogens (tertiary/aromatic N) is 2. The van der Waals surface area contributed by atoms with Crippen LogP contribution in [0, 0.1) is 0 Å². The van der Waals surface area contributed by atoms with E-state index in [-0.39, 0.29) is 0 Å². The second kappa shape index (κ2) is 9.92. The van der Waals surface area contributed by atoms with E-state index in [1.165, 1.54) is 63.5 Å². The van der Waals surface area contributed by atoms with Gasteiger partial charge in [0.2, 0.25) is 0 Å². The Labute approximate surface area is 145 Å². The van der Waals surface area contributed by atoms with Crippen molar-refractivity contribution in [3.63, 3.8) is 0 Å². The lowest BCUT2D eigenvalue weighted by atomic mass is 10.1. The van der Waals surface area contributed by atoms with Crippen LogP contribution in [0.25, 0.3) is 0 Å². The third-order valence-electron chi connectivity index (χ3n) is 4.59. The fourth-order valence-electron chi connectivity index (χ4n) is 3.10. The largest absolute Gasteiger partial charge is 0.337 e. The van der Waals surface area contributed by atoms with Crippen molar-refractivity contribution in [2.75, 3.05) is 5.75 Å². The highest BCUT2D eigenvalue weighted by Gasteiger charge is 2.39. The molecular weight excluding hydrogens is 308 g/mol. The normalized spacial score (nSPS) is 24.9. The number of unbranched alkanes of at least 4 members (excludes halogenated alkanes) is 5.